The number of carbonyl (C=O) groups excluding carboxylic acids is 2. The number of amides is 2. The fourth-order valence-corrected chi connectivity index (χ4v) is 8.90. The van der Waals surface area contributed by atoms with E-state index in [2.05, 4.69) is 53.3 Å². The van der Waals surface area contributed by atoms with Crippen LogP contribution in [0.25, 0.3) is 33.4 Å². The van der Waals surface area contributed by atoms with Crippen molar-refractivity contribution in [1.82, 2.24) is 10.6 Å². The first-order valence-electron chi connectivity index (χ1n) is 28.3. The van der Waals surface area contributed by atoms with Crippen molar-refractivity contribution in [2.24, 2.45) is 44.0 Å². The highest BCUT2D eigenvalue weighted by atomic mass is 35.5. The van der Waals surface area contributed by atoms with E-state index in [0.717, 1.165) is 107 Å². The van der Waals surface area contributed by atoms with Crippen molar-refractivity contribution in [3.63, 3.8) is 0 Å². The molecule has 0 aromatic heterocycles. The molecule has 6 aromatic rings. The second-order valence-electron chi connectivity index (χ2n) is 20.4. The number of aliphatic imine (C=N–C) groups is 3. The Bertz CT molecular complexity index is 2970. The molecule has 14 nitrogen and oxygen atoms in total. The van der Waals surface area contributed by atoms with Crippen LogP contribution in [0.15, 0.2) is 142 Å². The summed E-state index contributed by atoms with van der Waals surface area (Å²) in [5.74, 6) is -0.837. The molecule has 476 valence electrons. The van der Waals surface area contributed by atoms with E-state index in [4.69, 9.17) is 32.5 Å². The van der Waals surface area contributed by atoms with Crippen molar-refractivity contribution in [3.05, 3.63) is 162 Å². The summed E-state index contributed by atoms with van der Waals surface area (Å²) in [4.78, 5) is 48.7. The van der Waals surface area contributed by atoms with Crippen LogP contribution in [-0.2, 0) is 33.6 Å². The molecule has 2 amide bonds. The molecule has 6 aromatic carbocycles. The van der Waals surface area contributed by atoms with E-state index < -0.39 is 5.97 Å². The number of hydrogen-bond donors (Lipinski definition) is 8. The third-order valence-corrected chi connectivity index (χ3v) is 13.8. The Labute approximate surface area is 521 Å². The summed E-state index contributed by atoms with van der Waals surface area (Å²) in [5, 5.41) is 28.8. The number of aliphatic hydroxyl groups is 2. The summed E-state index contributed by atoms with van der Waals surface area (Å²) in [6.07, 6.45) is 10.5. The molecule has 3 aliphatic rings. The van der Waals surface area contributed by atoms with E-state index in [0.29, 0.717) is 61.9 Å². The zero-order chi connectivity index (χ0) is 60.8. The molecule has 0 fully saturated rings. The zero-order valence-corrected chi connectivity index (χ0v) is 50.0. The normalized spacial score (nSPS) is 12.6. The highest BCUT2D eigenvalue weighted by Gasteiger charge is 2.24. The second-order valence-corrected chi connectivity index (χ2v) is 20.4. The molecule has 0 bridgehead atoms. The molecule has 0 saturated carbocycles. The largest absolute Gasteiger partial charge is 0.477 e. The molecule has 0 radical (unpaired) electrons. The van der Waals surface area contributed by atoms with E-state index >= 15 is 0 Å². The van der Waals surface area contributed by atoms with Gasteiger partial charge in [-0.15, -0.1) is 12.4 Å². The third-order valence-electron chi connectivity index (χ3n) is 13.8. The van der Waals surface area contributed by atoms with Gasteiger partial charge >= 0.3 is 5.97 Å². The fraction of sp³-hybridized carbons (Fsp3) is 0.391. The number of benzene rings is 6. The summed E-state index contributed by atoms with van der Waals surface area (Å²) >= 11 is 0. The van der Waals surface area contributed by atoms with Crippen molar-refractivity contribution in [3.8, 4) is 33.4 Å². The average molecular weight is 1230 g/mol. The predicted molar refractivity (Wildman–Crippen MR) is 358 cm³/mol. The minimum absolute atomic E-state index is 0. The van der Waals surface area contributed by atoms with Gasteiger partial charge in [0, 0.05) is 52.6 Å². The van der Waals surface area contributed by atoms with Gasteiger partial charge in [0.1, 0.15) is 34.6 Å². The molecule has 87 heavy (non-hydrogen) atoms. The van der Waals surface area contributed by atoms with Gasteiger partial charge in [-0.1, -0.05) is 148 Å². The minimum atomic E-state index is -0.987. The molecular weight excluding hydrogens is 1130 g/mol. The average Bonchev–Trinajstić information content (AvgIpc) is 2.43. The molecule has 11 N–H and O–H groups in total. The lowest BCUT2D eigenvalue weighted by Gasteiger charge is -2.11. The van der Waals surface area contributed by atoms with E-state index in [1.807, 2.05) is 54.6 Å². The third kappa shape index (κ3) is 25.9. The Morgan fingerprint density at radius 1 is 0.494 bits per heavy atom. The molecule has 3 atom stereocenters. The topological polar surface area (TPSA) is 251 Å². The molecule has 3 aliphatic heterocycles. The molecule has 18 heteroatoms. The Hall–Kier alpha value is -7.38. The summed E-state index contributed by atoms with van der Waals surface area (Å²) in [5.41, 5.74) is 28.8. The number of unbranched alkanes of at least 4 members (excludes halogenated alkanes) is 2. The van der Waals surface area contributed by atoms with Crippen molar-refractivity contribution in [1.29, 1.82) is 0 Å². The van der Waals surface area contributed by atoms with Crippen LogP contribution >= 0.6 is 12.4 Å². The molecule has 0 unspecified atom stereocenters. The number of fused-ring (bicyclic) bond motifs is 3. The van der Waals surface area contributed by atoms with Crippen molar-refractivity contribution >= 4 is 64.4 Å². The number of carboxylic acid groups (broad SMARTS) is 1. The molecule has 9 rings (SSSR count). The number of nitrogens with one attached hydrogen (secondary N) is 2. The monoisotopic (exact) mass is 1220 g/mol. The van der Waals surface area contributed by atoms with Crippen molar-refractivity contribution < 1.29 is 42.9 Å². The van der Waals surface area contributed by atoms with Crippen molar-refractivity contribution in [2.75, 3.05) is 40.4 Å². The quantitative estimate of drug-likeness (QED) is 0.0361. The first kappa shape index (κ1) is 79.6. The number of carboxylic acids is 1. The maximum absolute atomic E-state index is 13.1. The number of nitrogens with two attached hydrogens (primary N) is 3. The van der Waals surface area contributed by atoms with Gasteiger partial charge in [-0.05, 0) is 155 Å². The Morgan fingerprint density at radius 2 is 0.816 bits per heavy atom. The van der Waals surface area contributed by atoms with Crippen LogP contribution in [0.3, 0.4) is 0 Å². The molecule has 0 saturated heterocycles. The van der Waals surface area contributed by atoms with E-state index in [1.54, 1.807) is 36.4 Å². The van der Waals surface area contributed by atoms with Crippen LogP contribution in [0.5, 0.6) is 0 Å². The van der Waals surface area contributed by atoms with Crippen LogP contribution < -0.4 is 27.8 Å². The Balaban J connectivity index is 0.00000115. The highest BCUT2D eigenvalue weighted by Crippen LogP contribution is 2.35. The number of halogens is 4. The first-order valence-corrected chi connectivity index (χ1v) is 28.3. The van der Waals surface area contributed by atoms with Gasteiger partial charge in [-0.3, -0.25) is 9.59 Å². The first-order chi connectivity index (χ1) is 40.1. The Morgan fingerprint density at radius 3 is 1.15 bits per heavy atom. The minimum Gasteiger partial charge on any atom is -0.477 e. The van der Waals surface area contributed by atoms with E-state index in [9.17, 15) is 27.6 Å². The van der Waals surface area contributed by atoms with Gasteiger partial charge in [0.05, 0.1) is 17.1 Å². The summed E-state index contributed by atoms with van der Waals surface area (Å²) < 4.78 is 39.0. The van der Waals surface area contributed by atoms with Gasteiger partial charge < -0.3 is 43.2 Å². The second kappa shape index (κ2) is 42.5. The van der Waals surface area contributed by atoms with Crippen LogP contribution in [-0.4, -0.2) is 96.7 Å². The van der Waals surface area contributed by atoms with E-state index in [1.165, 1.54) is 68.5 Å². The number of carbonyl (C=O) groups is 3. The lowest BCUT2D eigenvalue weighted by molar-refractivity contribution is -0.129. The molecule has 0 spiro atoms. The van der Waals surface area contributed by atoms with Crippen LogP contribution in [0.1, 0.15) is 118 Å². The van der Waals surface area contributed by atoms with Gasteiger partial charge in [0.2, 0.25) is 0 Å². The summed E-state index contributed by atoms with van der Waals surface area (Å²) in [6, 6.07) is 36.2. The molecule has 0 aliphatic carbocycles. The lowest BCUT2D eigenvalue weighted by Crippen LogP contribution is -2.40. The highest BCUT2D eigenvalue weighted by molar-refractivity contribution is 6.41. The van der Waals surface area contributed by atoms with Gasteiger partial charge in [0.15, 0.2) is 0 Å². The number of nitrogens with zero attached hydrogens (tertiary/aromatic N) is 3. The van der Waals surface area contributed by atoms with Gasteiger partial charge in [-0.25, -0.2) is 32.9 Å². The maximum atomic E-state index is 13.1. The SMILES string of the molecule is C.C.C.CCCC[C@@H](C)CN.CCCC[C@@H](C)CNC(=O)C1=Nc2cc(-c3ccc(F)cc3)ccc2C1.CO.CO.Cl.NCCC[C@@H](N)CNC(=O)C1=Nc2cc(-c3ccc(F)cc3)ccc2C1.O=C(O)C1=Nc2cc(-c3ccc(F)cc3)ccc2C1. The maximum Gasteiger partial charge on any atom is 0.350 e. The lowest BCUT2D eigenvalue weighted by atomic mass is 10.0. The summed E-state index contributed by atoms with van der Waals surface area (Å²) in [7, 11) is 2.00. The van der Waals surface area contributed by atoms with Crippen LogP contribution in [0, 0.1) is 29.3 Å². The number of aliphatic hydroxyl groups excluding tert-OH is 2. The van der Waals surface area contributed by atoms with Gasteiger partial charge in [-0.2, -0.15) is 0 Å². The van der Waals surface area contributed by atoms with Crippen LogP contribution in [0.4, 0.5) is 30.2 Å². The van der Waals surface area contributed by atoms with Gasteiger partial charge in [0.25, 0.3) is 11.8 Å². The smallest absolute Gasteiger partial charge is 0.350 e. The number of aliphatic carboxylic acids is 1. The Kier molecular flexibility index (Phi) is 38.9. The zero-order valence-electron chi connectivity index (χ0n) is 49.1. The number of hydrogen-bond acceptors (Lipinski definition) is 11. The fourth-order valence-electron chi connectivity index (χ4n) is 8.90. The van der Waals surface area contributed by atoms with E-state index in [-0.39, 0.29) is 75.7 Å². The molecular formula is C69H96ClF3N8O6. The van der Waals surface area contributed by atoms with Crippen LogP contribution in [0.2, 0.25) is 0 Å². The number of rotatable bonds is 20. The predicted octanol–water partition coefficient (Wildman–Crippen LogP) is 13.9. The van der Waals surface area contributed by atoms with Crippen molar-refractivity contribution in [2.45, 2.75) is 127 Å². The summed E-state index contributed by atoms with van der Waals surface area (Å²) in [6.45, 7) is 11.3. The standard InChI is InChI=1S/C22H25FN2O.C20H23FN4O.C15H10FNO2.C7H17N.2CH4O.3CH4.ClH/c1-3-4-5-15(2)14-24-22(26)21-13-18-7-6-17(12-20(18)25-21)16-8-10-19(23)11-9-16;21-16-7-5-13(6-8-16)14-3-4-15-11-19(25-18(15)10-14)20(26)24-12-17(23)2-1-9-22;16-12-5-3-9(4-6-12)10-1-2-11-8-14(15(18)19)17-13(11)7-10;1-3-4-5-7(2)6-8;2*1-2;;;;/h6-12,15H,3-5,13-14H2,1-2H3,(H,24,26);3-8,10,17H,1-2,9,11-12,22-23H2,(H,24,26);1-7H,8H2,(H,18,19);7H,3-6,8H2,1-2H3;2*2H,1H3;3*1H4;1H/t15-;17-;;7-;;;;;;/m11.1....../s1. The molecule has 3 heterocycles.